The number of carboxylic acid groups (broad SMARTS) is 1. The predicted octanol–water partition coefficient (Wildman–Crippen LogP) is 3.38. The number of halogens is 1. The third-order valence-electron chi connectivity index (χ3n) is 3.17. The number of nitrogens with one attached hydrogen (secondary N) is 1. The predicted molar refractivity (Wildman–Crippen MR) is 81.8 cm³/mol. The maximum atomic E-state index is 12.3. The Hall–Kier alpha value is -1.36. The van der Waals surface area contributed by atoms with E-state index in [1.54, 1.807) is 12.1 Å². The van der Waals surface area contributed by atoms with Crippen LogP contribution in [0.25, 0.3) is 0 Å². The van der Waals surface area contributed by atoms with Crippen molar-refractivity contribution in [3.05, 3.63) is 33.8 Å². The number of amides is 1. The molecule has 0 heterocycles. The van der Waals surface area contributed by atoms with Gasteiger partial charge in [0.25, 0.3) is 5.91 Å². The molecule has 20 heavy (non-hydrogen) atoms. The molecular formula is C15H20BrNO3. The van der Waals surface area contributed by atoms with Gasteiger partial charge in [-0.15, -0.1) is 0 Å². The molecule has 0 saturated heterocycles. The maximum absolute atomic E-state index is 12.3. The Labute approximate surface area is 127 Å². The van der Waals surface area contributed by atoms with Gasteiger partial charge in [-0.05, 0) is 39.9 Å². The van der Waals surface area contributed by atoms with Gasteiger partial charge in [-0.2, -0.15) is 0 Å². The SMILES string of the molecule is Cc1cccc(C(=O)NC(CC(=O)O)C(C)(C)C)c1Br. The monoisotopic (exact) mass is 341 g/mol. The van der Waals surface area contributed by atoms with Crippen molar-refractivity contribution in [3.63, 3.8) is 0 Å². The van der Waals surface area contributed by atoms with Crippen LogP contribution < -0.4 is 5.32 Å². The minimum absolute atomic E-state index is 0.0985. The molecule has 5 heteroatoms. The lowest BCUT2D eigenvalue weighted by Gasteiger charge is -2.30. The summed E-state index contributed by atoms with van der Waals surface area (Å²) >= 11 is 3.39. The third kappa shape index (κ3) is 4.34. The van der Waals surface area contributed by atoms with Crippen LogP contribution in [0.2, 0.25) is 0 Å². The fourth-order valence-electron chi connectivity index (χ4n) is 1.81. The van der Waals surface area contributed by atoms with E-state index >= 15 is 0 Å². The molecule has 0 fully saturated rings. The van der Waals surface area contributed by atoms with Crippen LogP contribution >= 0.6 is 15.9 Å². The summed E-state index contributed by atoms with van der Waals surface area (Å²) in [7, 11) is 0. The van der Waals surface area contributed by atoms with Gasteiger partial charge >= 0.3 is 5.97 Å². The summed E-state index contributed by atoms with van der Waals surface area (Å²) in [6.45, 7) is 7.63. The van der Waals surface area contributed by atoms with Gasteiger partial charge in [0.1, 0.15) is 0 Å². The first-order chi connectivity index (χ1) is 9.12. The van der Waals surface area contributed by atoms with Crippen molar-refractivity contribution in [3.8, 4) is 0 Å². The second kappa shape index (κ2) is 6.39. The number of hydrogen-bond donors (Lipinski definition) is 2. The molecule has 110 valence electrons. The highest BCUT2D eigenvalue weighted by atomic mass is 79.9. The van der Waals surface area contributed by atoms with Gasteiger partial charge < -0.3 is 10.4 Å². The Bertz CT molecular complexity index is 520. The summed E-state index contributed by atoms with van der Waals surface area (Å²) in [5, 5.41) is 11.8. The number of carbonyl (C=O) groups excluding carboxylic acids is 1. The third-order valence-corrected chi connectivity index (χ3v) is 4.22. The summed E-state index contributed by atoms with van der Waals surface area (Å²) in [6, 6.07) is 4.99. The van der Waals surface area contributed by atoms with E-state index in [0.717, 1.165) is 10.0 Å². The van der Waals surface area contributed by atoms with Crippen molar-refractivity contribution in [2.45, 2.75) is 40.2 Å². The fourth-order valence-corrected chi connectivity index (χ4v) is 2.25. The van der Waals surface area contributed by atoms with Crippen LogP contribution in [0, 0.1) is 12.3 Å². The van der Waals surface area contributed by atoms with Gasteiger partial charge in [0.2, 0.25) is 0 Å². The molecule has 0 saturated carbocycles. The normalized spacial score (nSPS) is 12.8. The number of carboxylic acids is 1. The molecule has 1 aromatic carbocycles. The average molecular weight is 342 g/mol. The topological polar surface area (TPSA) is 66.4 Å². The number of hydrogen-bond acceptors (Lipinski definition) is 2. The van der Waals surface area contributed by atoms with Crippen LogP contribution in [-0.2, 0) is 4.79 Å². The van der Waals surface area contributed by atoms with E-state index < -0.39 is 12.0 Å². The lowest BCUT2D eigenvalue weighted by atomic mass is 9.84. The smallest absolute Gasteiger partial charge is 0.305 e. The van der Waals surface area contributed by atoms with Crippen LogP contribution in [0.3, 0.4) is 0 Å². The number of carbonyl (C=O) groups is 2. The Morgan fingerprint density at radius 2 is 1.95 bits per heavy atom. The standard InChI is InChI=1S/C15H20BrNO3/c1-9-6-5-7-10(13(9)16)14(20)17-11(8-12(18)19)15(2,3)4/h5-7,11H,8H2,1-4H3,(H,17,20)(H,18,19). The Kier molecular flexibility index (Phi) is 5.34. The van der Waals surface area contributed by atoms with E-state index in [9.17, 15) is 9.59 Å². The van der Waals surface area contributed by atoms with Crippen molar-refractivity contribution in [1.82, 2.24) is 5.32 Å². The zero-order valence-corrected chi connectivity index (χ0v) is 13.7. The molecule has 0 aliphatic rings. The minimum Gasteiger partial charge on any atom is -0.481 e. The highest BCUT2D eigenvalue weighted by Crippen LogP contribution is 2.24. The molecule has 4 nitrogen and oxygen atoms in total. The Morgan fingerprint density at radius 1 is 1.35 bits per heavy atom. The lowest BCUT2D eigenvalue weighted by Crippen LogP contribution is -2.45. The molecule has 0 bridgehead atoms. The highest BCUT2D eigenvalue weighted by molar-refractivity contribution is 9.10. The molecule has 0 spiro atoms. The van der Waals surface area contributed by atoms with Crippen LogP contribution in [0.15, 0.2) is 22.7 Å². The summed E-state index contributed by atoms with van der Waals surface area (Å²) in [5.41, 5.74) is 1.15. The molecule has 1 aromatic rings. The van der Waals surface area contributed by atoms with Crippen molar-refractivity contribution >= 4 is 27.8 Å². The first-order valence-electron chi connectivity index (χ1n) is 6.40. The Balaban J connectivity index is 2.96. The van der Waals surface area contributed by atoms with Crippen molar-refractivity contribution in [2.75, 3.05) is 0 Å². The van der Waals surface area contributed by atoms with Crippen LogP contribution in [0.5, 0.6) is 0 Å². The van der Waals surface area contributed by atoms with Gasteiger partial charge in [0.15, 0.2) is 0 Å². The molecule has 1 atom stereocenters. The lowest BCUT2D eigenvalue weighted by molar-refractivity contribution is -0.138. The number of aliphatic carboxylic acids is 1. The number of benzene rings is 1. The largest absolute Gasteiger partial charge is 0.481 e. The molecule has 0 aliphatic heterocycles. The van der Waals surface area contributed by atoms with E-state index in [1.807, 2.05) is 33.8 Å². The van der Waals surface area contributed by atoms with Crippen LogP contribution in [-0.4, -0.2) is 23.0 Å². The molecule has 1 unspecified atom stereocenters. The van der Waals surface area contributed by atoms with Gasteiger partial charge in [0.05, 0.1) is 12.0 Å². The van der Waals surface area contributed by atoms with Gasteiger partial charge in [-0.25, -0.2) is 0 Å². The molecular weight excluding hydrogens is 322 g/mol. The van der Waals surface area contributed by atoms with Crippen molar-refractivity contribution in [2.24, 2.45) is 5.41 Å². The molecule has 0 aliphatic carbocycles. The van der Waals surface area contributed by atoms with Crippen molar-refractivity contribution in [1.29, 1.82) is 0 Å². The first kappa shape index (κ1) is 16.7. The molecule has 0 radical (unpaired) electrons. The summed E-state index contributed by atoms with van der Waals surface area (Å²) in [4.78, 5) is 23.3. The summed E-state index contributed by atoms with van der Waals surface area (Å²) < 4.78 is 0.737. The molecule has 2 N–H and O–H groups in total. The number of rotatable bonds is 4. The zero-order valence-electron chi connectivity index (χ0n) is 12.2. The van der Waals surface area contributed by atoms with Gasteiger partial charge in [0, 0.05) is 10.5 Å². The Morgan fingerprint density at radius 3 is 2.45 bits per heavy atom. The van der Waals surface area contributed by atoms with Gasteiger partial charge in [-0.1, -0.05) is 32.9 Å². The summed E-state index contributed by atoms with van der Waals surface area (Å²) in [6.07, 6.45) is -0.0985. The van der Waals surface area contributed by atoms with E-state index in [0.29, 0.717) is 5.56 Å². The summed E-state index contributed by atoms with van der Waals surface area (Å²) in [5.74, 6) is -1.18. The molecule has 0 aromatic heterocycles. The fraction of sp³-hybridized carbons (Fsp3) is 0.467. The van der Waals surface area contributed by atoms with Crippen LogP contribution in [0.4, 0.5) is 0 Å². The highest BCUT2D eigenvalue weighted by Gasteiger charge is 2.29. The second-order valence-electron chi connectivity index (χ2n) is 5.93. The van der Waals surface area contributed by atoms with Crippen molar-refractivity contribution < 1.29 is 14.7 Å². The number of aryl methyl sites for hydroxylation is 1. The van der Waals surface area contributed by atoms with E-state index in [4.69, 9.17) is 5.11 Å². The molecule has 1 rings (SSSR count). The average Bonchev–Trinajstić information content (AvgIpc) is 2.30. The first-order valence-corrected chi connectivity index (χ1v) is 7.20. The van der Waals surface area contributed by atoms with Crippen LogP contribution in [0.1, 0.15) is 43.1 Å². The molecule has 1 amide bonds. The van der Waals surface area contributed by atoms with E-state index in [-0.39, 0.29) is 17.7 Å². The minimum atomic E-state index is -0.923. The van der Waals surface area contributed by atoms with E-state index in [1.165, 1.54) is 0 Å². The second-order valence-corrected chi connectivity index (χ2v) is 6.72. The van der Waals surface area contributed by atoms with Gasteiger partial charge in [-0.3, -0.25) is 9.59 Å². The quantitative estimate of drug-likeness (QED) is 0.882. The maximum Gasteiger partial charge on any atom is 0.305 e. The van der Waals surface area contributed by atoms with E-state index in [2.05, 4.69) is 21.2 Å². The zero-order chi connectivity index (χ0) is 15.5.